The molecule has 0 N–H and O–H groups in total. The molecule has 0 aliphatic rings. The van der Waals surface area contributed by atoms with E-state index in [-0.39, 0.29) is 0 Å². The Labute approximate surface area is 59.7 Å². The van der Waals surface area contributed by atoms with Crippen molar-refractivity contribution in [2.45, 2.75) is 47.0 Å². The molecule has 0 heterocycles. The highest BCUT2D eigenvalue weighted by atomic mass is 14.1. The fourth-order valence-corrected chi connectivity index (χ4v) is 1.14. The summed E-state index contributed by atoms with van der Waals surface area (Å²) in [6.07, 6.45) is 4.07. The lowest BCUT2D eigenvalue weighted by atomic mass is 9.90. The first kappa shape index (κ1) is 9.00. The largest absolute Gasteiger partial charge is 0.0654 e. The average Bonchev–Trinajstić information content (AvgIpc) is 1.87. The van der Waals surface area contributed by atoms with Gasteiger partial charge in [-0.3, -0.25) is 0 Å². The van der Waals surface area contributed by atoms with E-state index in [9.17, 15) is 0 Å². The van der Waals surface area contributed by atoms with Gasteiger partial charge in [0, 0.05) is 0 Å². The van der Waals surface area contributed by atoms with E-state index in [1.165, 1.54) is 19.3 Å². The Balaban J connectivity index is 3.32. The van der Waals surface area contributed by atoms with Crippen LogP contribution in [-0.2, 0) is 0 Å². The van der Waals surface area contributed by atoms with Crippen LogP contribution >= 0.6 is 0 Å². The van der Waals surface area contributed by atoms with Gasteiger partial charge in [-0.1, -0.05) is 47.0 Å². The zero-order chi connectivity index (χ0) is 7.28. The third-order valence-electron chi connectivity index (χ3n) is 2.36. The molecule has 0 heteroatoms. The average molecular weight is 128 g/mol. The molecule has 0 rings (SSSR count). The van der Waals surface area contributed by atoms with Crippen molar-refractivity contribution in [3.63, 3.8) is 0 Å². The Morgan fingerprint density at radius 3 is 1.89 bits per heavy atom. The van der Waals surface area contributed by atoms with E-state index in [1.54, 1.807) is 0 Å². The Kier molecular flexibility index (Phi) is 4.84. The van der Waals surface area contributed by atoms with Crippen LogP contribution in [0, 0.1) is 11.8 Å². The molecule has 0 saturated carbocycles. The minimum absolute atomic E-state index is 0.921. The van der Waals surface area contributed by atoms with Crippen LogP contribution < -0.4 is 0 Å². The lowest BCUT2D eigenvalue weighted by molar-refractivity contribution is 0.352. The summed E-state index contributed by atoms with van der Waals surface area (Å²) in [6, 6.07) is 0. The highest BCUT2D eigenvalue weighted by Crippen LogP contribution is 2.18. The molecular formula is C9H20. The number of rotatable bonds is 4. The van der Waals surface area contributed by atoms with Gasteiger partial charge in [-0.05, 0) is 11.8 Å². The zero-order valence-electron chi connectivity index (χ0n) is 7.28. The molecular weight excluding hydrogens is 108 g/mol. The van der Waals surface area contributed by atoms with E-state index in [4.69, 9.17) is 0 Å². The quantitative estimate of drug-likeness (QED) is 0.544. The van der Waals surface area contributed by atoms with Gasteiger partial charge in [0.15, 0.2) is 0 Å². The normalized spacial score (nSPS) is 17.3. The maximum Gasteiger partial charge on any atom is -0.0417 e. The molecule has 56 valence electrons. The van der Waals surface area contributed by atoms with E-state index >= 15 is 0 Å². The smallest absolute Gasteiger partial charge is 0.0417 e. The second-order valence-electron chi connectivity index (χ2n) is 3.15. The number of hydrogen-bond acceptors (Lipinski definition) is 0. The monoisotopic (exact) mass is 128 g/mol. The Hall–Kier alpha value is 0. The van der Waals surface area contributed by atoms with Crippen LogP contribution in [0.2, 0.25) is 0 Å². The van der Waals surface area contributed by atoms with E-state index in [0.29, 0.717) is 0 Å². The second-order valence-corrected chi connectivity index (χ2v) is 3.15. The van der Waals surface area contributed by atoms with Crippen molar-refractivity contribution in [1.82, 2.24) is 0 Å². The van der Waals surface area contributed by atoms with Crippen LogP contribution in [0.4, 0.5) is 0 Å². The lowest BCUT2D eigenvalue weighted by Crippen LogP contribution is -2.05. The van der Waals surface area contributed by atoms with Gasteiger partial charge in [-0.25, -0.2) is 0 Å². The topological polar surface area (TPSA) is 0 Å². The Morgan fingerprint density at radius 1 is 1.00 bits per heavy atom. The summed E-state index contributed by atoms with van der Waals surface area (Å²) in [5, 5.41) is 0. The molecule has 0 bridgehead atoms. The van der Waals surface area contributed by atoms with Gasteiger partial charge >= 0.3 is 0 Å². The van der Waals surface area contributed by atoms with Crippen LogP contribution in [0.15, 0.2) is 0 Å². The first-order valence-electron chi connectivity index (χ1n) is 4.22. The molecule has 0 radical (unpaired) electrons. The van der Waals surface area contributed by atoms with Gasteiger partial charge in [-0.2, -0.15) is 0 Å². The SMILES string of the molecule is CCC[C@H](C)[C@H](C)CC. The predicted molar refractivity (Wildman–Crippen MR) is 43.5 cm³/mol. The predicted octanol–water partition coefficient (Wildman–Crippen LogP) is 3.47. The summed E-state index contributed by atoms with van der Waals surface area (Å²) in [7, 11) is 0. The number of hydrogen-bond donors (Lipinski definition) is 0. The Bertz CT molecular complexity index is 57.1. The van der Waals surface area contributed by atoms with Crippen molar-refractivity contribution in [3.05, 3.63) is 0 Å². The fourth-order valence-electron chi connectivity index (χ4n) is 1.14. The second kappa shape index (κ2) is 4.84. The first-order valence-corrected chi connectivity index (χ1v) is 4.22. The highest BCUT2D eigenvalue weighted by molar-refractivity contribution is 4.58. The van der Waals surface area contributed by atoms with Gasteiger partial charge < -0.3 is 0 Å². The van der Waals surface area contributed by atoms with Crippen molar-refractivity contribution in [2.75, 3.05) is 0 Å². The van der Waals surface area contributed by atoms with E-state index in [1.807, 2.05) is 0 Å². The zero-order valence-corrected chi connectivity index (χ0v) is 7.28. The van der Waals surface area contributed by atoms with E-state index in [2.05, 4.69) is 27.7 Å². The summed E-state index contributed by atoms with van der Waals surface area (Å²) in [5.41, 5.74) is 0. The summed E-state index contributed by atoms with van der Waals surface area (Å²) in [5.74, 6) is 1.85. The third-order valence-corrected chi connectivity index (χ3v) is 2.36. The van der Waals surface area contributed by atoms with Gasteiger partial charge in [0.05, 0.1) is 0 Å². The van der Waals surface area contributed by atoms with Gasteiger partial charge in [0.25, 0.3) is 0 Å². The summed E-state index contributed by atoms with van der Waals surface area (Å²) in [6.45, 7) is 9.24. The van der Waals surface area contributed by atoms with Crippen LogP contribution in [0.25, 0.3) is 0 Å². The standard InChI is InChI=1S/C9H20/c1-5-7-9(4)8(3)6-2/h8-9H,5-7H2,1-4H3/t8-,9+/m1/s1. The van der Waals surface area contributed by atoms with E-state index < -0.39 is 0 Å². The molecule has 0 unspecified atom stereocenters. The molecule has 0 aliphatic heterocycles. The molecule has 0 nitrogen and oxygen atoms in total. The van der Waals surface area contributed by atoms with Crippen molar-refractivity contribution >= 4 is 0 Å². The molecule has 9 heavy (non-hydrogen) atoms. The van der Waals surface area contributed by atoms with Crippen molar-refractivity contribution < 1.29 is 0 Å². The minimum Gasteiger partial charge on any atom is -0.0654 e. The minimum atomic E-state index is 0.921. The fraction of sp³-hybridized carbons (Fsp3) is 1.00. The third kappa shape index (κ3) is 3.56. The summed E-state index contributed by atoms with van der Waals surface area (Å²) in [4.78, 5) is 0. The molecule has 0 saturated heterocycles. The van der Waals surface area contributed by atoms with E-state index in [0.717, 1.165) is 11.8 Å². The molecule has 0 aromatic carbocycles. The van der Waals surface area contributed by atoms with Crippen molar-refractivity contribution in [3.8, 4) is 0 Å². The first-order chi connectivity index (χ1) is 4.22. The summed E-state index contributed by atoms with van der Waals surface area (Å²) < 4.78 is 0. The van der Waals surface area contributed by atoms with Gasteiger partial charge in [0.1, 0.15) is 0 Å². The molecule has 2 atom stereocenters. The molecule has 0 aromatic rings. The lowest BCUT2D eigenvalue weighted by Gasteiger charge is -2.16. The Morgan fingerprint density at radius 2 is 1.56 bits per heavy atom. The van der Waals surface area contributed by atoms with Crippen LogP contribution in [0.1, 0.15) is 47.0 Å². The van der Waals surface area contributed by atoms with Gasteiger partial charge in [-0.15, -0.1) is 0 Å². The highest BCUT2D eigenvalue weighted by Gasteiger charge is 2.07. The van der Waals surface area contributed by atoms with Crippen LogP contribution in [0.3, 0.4) is 0 Å². The van der Waals surface area contributed by atoms with Crippen molar-refractivity contribution in [1.29, 1.82) is 0 Å². The van der Waals surface area contributed by atoms with Crippen molar-refractivity contribution in [2.24, 2.45) is 11.8 Å². The maximum atomic E-state index is 2.36. The van der Waals surface area contributed by atoms with Crippen LogP contribution in [0.5, 0.6) is 0 Å². The maximum absolute atomic E-state index is 2.36. The molecule has 0 amide bonds. The molecule has 0 aromatic heterocycles. The molecule has 0 aliphatic carbocycles. The molecule has 0 spiro atoms. The molecule has 0 fully saturated rings. The van der Waals surface area contributed by atoms with Crippen LogP contribution in [-0.4, -0.2) is 0 Å². The summed E-state index contributed by atoms with van der Waals surface area (Å²) >= 11 is 0. The van der Waals surface area contributed by atoms with Gasteiger partial charge in [0.2, 0.25) is 0 Å².